The van der Waals surface area contributed by atoms with Crippen molar-refractivity contribution in [2.75, 3.05) is 4.90 Å². The molecule has 0 aliphatic heterocycles. The van der Waals surface area contributed by atoms with E-state index in [1.54, 1.807) is 0 Å². The van der Waals surface area contributed by atoms with E-state index in [0.717, 1.165) is 33.8 Å². The molecule has 0 bridgehead atoms. The minimum atomic E-state index is -0.730. The number of rotatable bonds is 5. The molecule has 0 N–H and O–H groups in total. The van der Waals surface area contributed by atoms with Gasteiger partial charge in [0.05, 0.1) is 5.41 Å². The van der Waals surface area contributed by atoms with Crippen LogP contribution in [-0.2, 0) is 21.7 Å². The lowest BCUT2D eigenvalue weighted by molar-refractivity contribution is 0.586. The summed E-state index contributed by atoms with van der Waals surface area (Å²) in [5.41, 5.74) is 24.6. The van der Waals surface area contributed by atoms with Gasteiger partial charge in [0.1, 0.15) is 0 Å². The average Bonchev–Trinajstić information content (AvgIpc) is 3.83. The second-order valence-corrected chi connectivity index (χ2v) is 21.4. The highest BCUT2D eigenvalue weighted by Gasteiger charge is 2.52. The first-order valence-electron chi connectivity index (χ1n) is 23.7. The van der Waals surface area contributed by atoms with Crippen LogP contribution in [0.1, 0.15) is 127 Å². The van der Waals surface area contributed by atoms with Crippen LogP contribution >= 0.6 is 0 Å². The molecule has 0 unspecified atom stereocenters. The number of fused-ring (bicyclic) bond motifs is 13. The Bertz CT molecular complexity index is 3170. The third-order valence-corrected chi connectivity index (χ3v) is 14.9. The lowest BCUT2D eigenvalue weighted by Crippen LogP contribution is -2.27. The van der Waals surface area contributed by atoms with Gasteiger partial charge in [-0.05, 0) is 148 Å². The molecule has 1 heteroatoms. The van der Waals surface area contributed by atoms with Crippen LogP contribution in [0, 0.1) is 0 Å². The summed E-state index contributed by atoms with van der Waals surface area (Å²) in [4.78, 5) is 2.48. The van der Waals surface area contributed by atoms with Gasteiger partial charge in [0.25, 0.3) is 0 Å². The van der Waals surface area contributed by atoms with Gasteiger partial charge in [-0.2, -0.15) is 0 Å². The zero-order valence-electron chi connectivity index (χ0n) is 40.1. The molecule has 0 atom stereocenters. The monoisotopic (exact) mass is 830 g/mol. The highest BCUT2D eigenvalue weighted by atomic mass is 15.1. The Kier molecular flexibility index (Phi) is 8.59. The lowest BCUT2D eigenvalue weighted by atomic mass is 9.68. The molecule has 11 rings (SSSR count). The third kappa shape index (κ3) is 5.82. The van der Waals surface area contributed by atoms with E-state index in [0.29, 0.717) is 0 Å². The van der Waals surface area contributed by atoms with E-state index in [4.69, 9.17) is 1.37 Å². The SMILES string of the molecule is [2H]C(C)(C)c1ccccc1-c1ccc(N(c2ccc3c(c2)-c2ccccc2C3(C)C)c2ccc3c(c2)C2(c4ccccc4-3)c3cc(C(C)(C)C)ccc3-c3ccc(C(C)(C)C)cc32)cc1. The van der Waals surface area contributed by atoms with E-state index in [2.05, 4.69) is 224 Å². The molecule has 0 saturated heterocycles. The molecule has 0 radical (unpaired) electrons. The van der Waals surface area contributed by atoms with Crippen molar-refractivity contribution in [1.82, 2.24) is 0 Å². The minimum absolute atomic E-state index is 0.0228. The van der Waals surface area contributed by atoms with Gasteiger partial charge < -0.3 is 4.90 Å². The molecular formula is C63H59N. The first-order chi connectivity index (χ1) is 30.9. The van der Waals surface area contributed by atoms with Crippen LogP contribution in [0.25, 0.3) is 44.5 Å². The molecule has 8 aromatic carbocycles. The summed E-state index contributed by atoms with van der Waals surface area (Å²) in [6.45, 7) is 22.7. The van der Waals surface area contributed by atoms with Crippen LogP contribution in [0.3, 0.4) is 0 Å². The van der Waals surface area contributed by atoms with Crippen LogP contribution in [0.2, 0.25) is 0 Å². The van der Waals surface area contributed by atoms with Gasteiger partial charge in [-0.25, -0.2) is 0 Å². The molecule has 3 aliphatic rings. The molecule has 1 nitrogen and oxygen atoms in total. The van der Waals surface area contributed by atoms with Gasteiger partial charge in [-0.15, -0.1) is 0 Å². The Morgan fingerprint density at radius 3 is 1.44 bits per heavy atom. The maximum atomic E-state index is 8.98. The van der Waals surface area contributed by atoms with Gasteiger partial charge in [0, 0.05) is 23.8 Å². The number of hydrogen-bond donors (Lipinski definition) is 0. The largest absolute Gasteiger partial charge is 0.310 e. The Morgan fingerprint density at radius 1 is 0.406 bits per heavy atom. The van der Waals surface area contributed by atoms with Crippen LogP contribution in [0.4, 0.5) is 17.1 Å². The standard InChI is InChI=1S/C63H59N/c1-39(2)46-17-11-12-18-47(46)40-23-27-43(28-24-40)64(44-30-34-55-53(37-44)49-20-13-15-21-54(49)62(55,9)10)45-29-33-52-48-19-14-16-22-56(48)63(59(52)38-45)57-35-41(60(3,4)5)25-31-50(57)51-32-26-42(36-58(51)63)61(6,7)8/h11-39H,1-10H3/i39D. The smallest absolute Gasteiger partial charge is 0.0726 e. The van der Waals surface area contributed by atoms with Gasteiger partial charge >= 0.3 is 0 Å². The van der Waals surface area contributed by atoms with Crippen LogP contribution in [-0.4, -0.2) is 0 Å². The summed E-state index contributed by atoms with van der Waals surface area (Å²) in [6.07, 6.45) is 0. The van der Waals surface area contributed by atoms with E-state index in [9.17, 15) is 0 Å². The molecule has 0 amide bonds. The zero-order chi connectivity index (χ0) is 45.4. The van der Waals surface area contributed by atoms with Crippen molar-refractivity contribution in [2.24, 2.45) is 0 Å². The molecule has 0 saturated carbocycles. The first kappa shape index (κ1) is 39.2. The van der Waals surface area contributed by atoms with Gasteiger partial charge in [0.2, 0.25) is 0 Å². The van der Waals surface area contributed by atoms with E-state index in [1.165, 1.54) is 77.9 Å². The van der Waals surface area contributed by atoms with Crippen LogP contribution in [0.15, 0.2) is 170 Å². The van der Waals surface area contributed by atoms with Crippen molar-refractivity contribution < 1.29 is 1.37 Å². The molecule has 0 heterocycles. The predicted molar refractivity (Wildman–Crippen MR) is 272 cm³/mol. The normalized spacial score (nSPS) is 15.2. The van der Waals surface area contributed by atoms with Crippen molar-refractivity contribution in [3.8, 4) is 44.5 Å². The zero-order valence-corrected chi connectivity index (χ0v) is 39.1. The van der Waals surface area contributed by atoms with Gasteiger partial charge in [-0.3, -0.25) is 0 Å². The van der Waals surface area contributed by atoms with Crippen LogP contribution in [0.5, 0.6) is 0 Å². The van der Waals surface area contributed by atoms with Gasteiger partial charge in [-0.1, -0.05) is 203 Å². The highest BCUT2D eigenvalue weighted by molar-refractivity contribution is 5.97. The maximum Gasteiger partial charge on any atom is 0.0726 e. The van der Waals surface area contributed by atoms with Crippen LogP contribution < -0.4 is 4.90 Å². The molecular weight excluding hydrogens is 771 g/mol. The highest BCUT2D eigenvalue weighted by Crippen LogP contribution is 2.64. The third-order valence-electron chi connectivity index (χ3n) is 14.9. The van der Waals surface area contributed by atoms with Crippen molar-refractivity contribution >= 4 is 17.1 Å². The quantitative estimate of drug-likeness (QED) is 0.167. The fourth-order valence-electron chi connectivity index (χ4n) is 11.5. The molecule has 64 heavy (non-hydrogen) atoms. The van der Waals surface area contributed by atoms with E-state index >= 15 is 0 Å². The summed E-state index contributed by atoms with van der Waals surface area (Å²) in [5, 5.41) is 0. The van der Waals surface area contributed by atoms with Crippen molar-refractivity contribution in [3.05, 3.63) is 220 Å². The summed E-state index contributed by atoms with van der Waals surface area (Å²) in [7, 11) is 0. The number of anilines is 3. The first-order valence-corrected chi connectivity index (χ1v) is 23.2. The van der Waals surface area contributed by atoms with E-state index in [1.807, 2.05) is 19.9 Å². The second kappa shape index (κ2) is 14.0. The second-order valence-electron chi connectivity index (χ2n) is 21.4. The fraction of sp³-hybridized carbons (Fsp3) is 0.238. The van der Waals surface area contributed by atoms with Crippen molar-refractivity contribution in [1.29, 1.82) is 0 Å². The predicted octanol–water partition coefficient (Wildman–Crippen LogP) is 17.2. The summed E-state index contributed by atoms with van der Waals surface area (Å²) >= 11 is 0. The lowest BCUT2D eigenvalue weighted by Gasteiger charge is -2.34. The minimum Gasteiger partial charge on any atom is -0.310 e. The number of nitrogens with zero attached hydrogens (tertiary/aromatic N) is 1. The van der Waals surface area contributed by atoms with Crippen molar-refractivity contribution in [2.45, 2.75) is 96.8 Å². The summed E-state index contributed by atoms with van der Waals surface area (Å²) in [6, 6.07) is 64.6. The van der Waals surface area contributed by atoms with Gasteiger partial charge in [0.15, 0.2) is 0 Å². The molecule has 3 aliphatic carbocycles. The van der Waals surface area contributed by atoms with Crippen molar-refractivity contribution in [3.63, 3.8) is 0 Å². The maximum absolute atomic E-state index is 8.98. The Morgan fingerprint density at radius 2 is 0.844 bits per heavy atom. The number of hydrogen-bond acceptors (Lipinski definition) is 1. The Hall–Kier alpha value is -6.44. The molecule has 0 fully saturated rings. The fourth-order valence-corrected chi connectivity index (χ4v) is 11.5. The number of benzene rings is 8. The van der Waals surface area contributed by atoms with E-state index < -0.39 is 11.3 Å². The summed E-state index contributed by atoms with van der Waals surface area (Å²) < 4.78 is 8.98. The Balaban J connectivity index is 1.18. The molecule has 0 aromatic heterocycles. The molecule has 1 spiro atoms. The average molecular weight is 831 g/mol. The topological polar surface area (TPSA) is 3.24 Å². The molecule has 8 aromatic rings. The van der Waals surface area contributed by atoms with E-state index in [-0.39, 0.29) is 16.2 Å². The summed E-state index contributed by atoms with van der Waals surface area (Å²) in [5.74, 6) is -0.730. The molecule has 316 valence electrons. The Labute approximate surface area is 382 Å².